The number of hydrogen-bond acceptors (Lipinski definition) is 2. The standard InChI is InChI=1S/C10H17NO/c1-8-3-5-10(6-4-8)7-9(2)11-12-10/h8H,3-7H2,1-2H3. The van der Waals surface area contributed by atoms with Crippen LogP contribution in [0.1, 0.15) is 46.0 Å². The van der Waals surface area contributed by atoms with Gasteiger partial charge in [-0.2, -0.15) is 0 Å². The van der Waals surface area contributed by atoms with Crippen molar-refractivity contribution in [2.75, 3.05) is 0 Å². The summed E-state index contributed by atoms with van der Waals surface area (Å²) in [6.45, 7) is 4.39. The first-order valence-electron chi connectivity index (χ1n) is 4.92. The maximum absolute atomic E-state index is 5.53. The van der Waals surface area contributed by atoms with Crippen LogP contribution in [0.25, 0.3) is 0 Å². The molecule has 0 aromatic heterocycles. The molecular weight excluding hydrogens is 150 g/mol. The fourth-order valence-electron chi connectivity index (χ4n) is 2.26. The van der Waals surface area contributed by atoms with Gasteiger partial charge in [0.25, 0.3) is 0 Å². The first-order chi connectivity index (χ1) is 5.70. The summed E-state index contributed by atoms with van der Waals surface area (Å²) in [5.41, 5.74) is 1.29. The highest BCUT2D eigenvalue weighted by Crippen LogP contribution is 2.40. The van der Waals surface area contributed by atoms with Crippen molar-refractivity contribution in [3.63, 3.8) is 0 Å². The van der Waals surface area contributed by atoms with Crippen LogP contribution in [0.4, 0.5) is 0 Å². The second kappa shape index (κ2) is 2.75. The summed E-state index contributed by atoms with van der Waals surface area (Å²) in [4.78, 5) is 5.53. The molecule has 1 spiro atoms. The SMILES string of the molecule is CC1=NOC2(CCC(C)CC2)C1. The third-order valence-corrected chi connectivity index (χ3v) is 3.16. The minimum Gasteiger partial charge on any atom is -0.389 e. The van der Waals surface area contributed by atoms with E-state index in [4.69, 9.17) is 4.84 Å². The molecule has 0 N–H and O–H groups in total. The van der Waals surface area contributed by atoms with E-state index in [9.17, 15) is 0 Å². The Bertz CT molecular complexity index is 202. The van der Waals surface area contributed by atoms with E-state index in [-0.39, 0.29) is 5.60 Å². The first-order valence-corrected chi connectivity index (χ1v) is 4.92. The van der Waals surface area contributed by atoms with Crippen molar-refractivity contribution in [2.45, 2.75) is 51.6 Å². The number of rotatable bonds is 0. The van der Waals surface area contributed by atoms with Crippen LogP contribution in [-0.4, -0.2) is 11.3 Å². The van der Waals surface area contributed by atoms with Gasteiger partial charge >= 0.3 is 0 Å². The lowest BCUT2D eigenvalue weighted by Gasteiger charge is -2.33. The van der Waals surface area contributed by atoms with Gasteiger partial charge in [0.15, 0.2) is 0 Å². The molecule has 0 bridgehead atoms. The lowest BCUT2D eigenvalue weighted by Crippen LogP contribution is -2.33. The van der Waals surface area contributed by atoms with Gasteiger partial charge in [0.05, 0.1) is 5.71 Å². The summed E-state index contributed by atoms with van der Waals surface area (Å²) in [5, 5.41) is 4.05. The molecule has 12 heavy (non-hydrogen) atoms. The van der Waals surface area contributed by atoms with E-state index in [1.54, 1.807) is 0 Å². The zero-order chi connectivity index (χ0) is 8.60. The Balaban J connectivity index is 1.97. The van der Waals surface area contributed by atoms with Crippen LogP contribution >= 0.6 is 0 Å². The summed E-state index contributed by atoms with van der Waals surface area (Å²) < 4.78 is 0. The van der Waals surface area contributed by atoms with Gasteiger partial charge < -0.3 is 4.84 Å². The third kappa shape index (κ3) is 1.35. The monoisotopic (exact) mass is 167 g/mol. The minimum absolute atomic E-state index is 0.122. The lowest BCUT2D eigenvalue weighted by atomic mass is 9.77. The van der Waals surface area contributed by atoms with Gasteiger partial charge in [-0.1, -0.05) is 12.1 Å². The van der Waals surface area contributed by atoms with Gasteiger partial charge in [-0.05, 0) is 38.5 Å². The van der Waals surface area contributed by atoms with Crippen molar-refractivity contribution in [1.82, 2.24) is 0 Å². The van der Waals surface area contributed by atoms with Gasteiger partial charge in [0.1, 0.15) is 5.60 Å². The largest absolute Gasteiger partial charge is 0.389 e. The third-order valence-electron chi connectivity index (χ3n) is 3.16. The molecule has 0 saturated heterocycles. The van der Waals surface area contributed by atoms with Gasteiger partial charge in [0, 0.05) is 6.42 Å². The van der Waals surface area contributed by atoms with Crippen LogP contribution in [0, 0.1) is 5.92 Å². The second-order valence-electron chi connectivity index (χ2n) is 4.46. The molecule has 2 aliphatic rings. The average Bonchev–Trinajstić information content (AvgIpc) is 2.40. The highest BCUT2D eigenvalue weighted by molar-refractivity contribution is 5.83. The van der Waals surface area contributed by atoms with E-state index in [0.29, 0.717) is 0 Å². The van der Waals surface area contributed by atoms with E-state index < -0.39 is 0 Å². The van der Waals surface area contributed by atoms with Crippen molar-refractivity contribution in [3.8, 4) is 0 Å². The zero-order valence-electron chi connectivity index (χ0n) is 7.97. The van der Waals surface area contributed by atoms with Crippen molar-refractivity contribution >= 4 is 5.71 Å². The van der Waals surface area contributed by atoms with Gasteiger partial charge in [0.2, 0.25) is 0 Å². The van der Waals surface area contributed by atoms with Gasteiger partial charge in [-0.3, -0.25) is 0 Å². The highest BCUT2D eigenvalue weighted by atomic mass is 16.7. The van der Waals surface area contributed by atoms with E-state index in [2.05, 4.69) is 19.0 Å². The normalized spacial score (nSPS) is 41.2. The molecule has 1 saturated carbocycles. The number of oxime groups is 1. The maximum Gasteiger partial charge on any atom is 0.143 e. The maximum atomic E-state index is 5.53. The van der Waals surface area contributed by atoms with Crippen LogP contribution in [0.3, 0.4) is 0 Å². The predicted octanol–water partition coefficient (Wildman–Crippen LogP) is 2.73. The Labute approximate surface area is 74.0 Å². The van der Waals surface area contributed by atoms with Gasteiger partial charge in [-0.25, -0.2) is 0 Å². The summed E-state index contributed by atoms with van der Waals surface area (Å²) in [5.74, 6) is 0.889. The minimum atomic E-state index is 0.122. The molecule has 0 atom stereocenters. The molecular formula is C10H17NO. The summed E-state index contributed by atoms with van der Waals surface area (Å²) in [6.07, 6.45) is 6.09. The second-order valence-corrected chi connectivity index (χ2v) is 4.46. The molecule has 0 amide bonds. The van der Waals surface area contributed by atoms with E-state index in [1.165, 1.54) is 31.4 Å². The molecule has 2 nitrogen and oxygen atoms in total. The number of nitrogens with zero attached hydrogens (tertiary/aromatic N) is 1. The van der Waals surface area contributed by atoms with Crippen molar-refractivity contribution in [2.24, 2.45) is 11.1 Å². The molecule has 1 aliphatic carbocycles. The zero-order valence-corrected chi connectivity index (χ0v) is 7.97. The molecule has 0 unspecified atom stereocenters. The van der Waals surface area contributed by atoms with Crippen LogP contribution in [-0.2, 0) is 4.84 Å². The summed E-state index contributed by atoms with van der Waals surface area (Å²) in [6, 6.07) is 0. The molecule has 68 valence electrons. The van der Waals surface area contributed by atoms with Gasteiger partial charge in [-0.15, -0.1) is 0 Å². The lowest BCUT2D eigenvalue weighted by molar-refractivity contribution is -0.0527. The van der Waals surface area contributed by atoms with Crippen molar-refractivity contribution in [3.05, 3.63) is 0 Å². The van der Waals surface area contributed by atoms with E-state index in [0.717, 1.165) is 12.3 Å². The van der Waals surface area contributed by atoms with E-state index >= 15 is 0 Å². The molecule has 1 fully saturated rings. The fraction of sp³-hybridized carbons (Fsp3) is 0.900. The molecule has 1 aliphatic heterocycles. The Kier molecular flexibility index (Phi) is 1.85. The Morgan fingerprint density at radius 2 is 2.08 bits per heavy atom. The van der Waals surface area contributed by atoms with Crippen LogP contribution in [0.5, 0.6) is 0 Å². The topological polar surface area (TPSA) is 21.6 Å². The Morgan fingerprint density at radius 1 is 1.42 bits per heavy atom. The quantitative estimate of drug-likeness (QED) is 0.543. The molecule has 2 heteroatoms. The Morgan fingerprint density at radius 3 is 2.58 bits per heavy atom. The van der Waals surface area contributed by atoms with Crippen molar-refractivity contribution in [1.29, 1.82) is 0 Å². The fourth-order valence-corrected chi connectivity index (χ4v) is 2.26. The van der Waals surface area contributed by atoms with Crippen LogP contribution < -0.4 is 0 Å². The van der Waals surface area contributed by atoms with E-state index in [1.807, 2.05) is 0 Å². The summed E-state index contributed by atoms with van der Waals surface area (Å²) in [7, 11) is 0. The molecule has 0 radical (unpaired) electrons. The van der Waals surface area contributed by atoms with Crippen molar-refractivity contribution < 1.29 is 4.84 Å². The molecule has 2 rings (SSSR count). The smallest absolute Gasteiger partial charge is 0.143 e. The van der Waals surface area contributed by atoms with Crippen LogP contribution in [0.15, 0.2) is 5.16 Å². The highest BCUT2D eigenvalue weighted by Gasteiger charge is 2.40. The molecule has 1 heterocycles. The summed E-state index contributed by atoms with van der Waals surface area (Å²) >= 11 is 0. The van der Waals surface area contributed by atoms with Crippen LogP contribution in [0.2, 0.25) is 0 Å². The first kappa shape index (κ1) is 8.09. The Hall–Kier alpha value is -0.530. The predicted molar refractivity (Wildman–Crippen MR) is 49.2 cm³/mol. The molecule has 0 aromatic carbocycles. The molecule has 0 aromatic rings. The average molecular weight is 167 g/mol. The number of hydrogen-bond donors (Lipinski definition) is 0.